The predicted molar refractivity (Wildman–Crippen MR) is 52.1 cm³/mol. The maximum atomic E-state index is 12.9. The first kappa shape index (κ1) is 10.4. The van der Waals surface area contributed by atoms with Gasteiger partial charge in [-0.2, -0.15) is 0 Å². The fourth-order valence-corrected chi connectivity index (χ4v) is 0.996. The van der Waals surface area contributed by atoms with Crippen molar-refractivity contribution in [3.8, 4) is 5.75 Å². The Balaban J connectivity index is 2.70. The van der Waals surface area contributed by atoms with Crippen molar-refractivity contribution in [2.24, 2.45) is 0 Å². The number of ether oxygens (including phenoxy) is 1. The number of carbonyl (C=O) groups excluding carboxylic acids is 1. The number of benzene rings is 1. The van der Waals surface area contributed by atoms with Crippen LogP contribution in [0.5, 0.6) is 5.75 Å². The lowest BCUT2D eigenvalue weighted by molar-refractivity contribution is 0.112. The number of halogens is 1. The van der Waals surface area contributed by atoms with E-state index >= 15 is 0 Å². The highest BCUT2D eigenvalue weighted by molar-refractivity contribution is 5.75. The van der Waals surface area contributed by atoms with Crippen molar-refractivity contribution in [3.05, 3.63) is 42.2 Å². The van der Waals surface area contributed by atoms with Gasteiger partial charge in [0.1, 0.15) is 17.9 Å². The lowest BCUT2D eigenvalue weighted by Gasteiger charge is -2.04. The van der Waals surface area contributed by atoms with Crippen LogP contribution in [0, 0.1) is 5.82 Å². The second-order valence-electron chi connectivity index (χ2n) is 2.76. The van der Waals surface area contributed by atoms with Crippen LogP contribution in [-0.4, -0.2) is 12.9 Å². The molecule has 0 radical (unpaired) electrons. The van der Waals surface area contributed by atoms with Crippen LogP contribution in [0.15, 0.2) is 30.9 Å². The molecule has 0 saturated heterocycles. The molecule has 0 N–H and O–H groups in total. The van der Waals surface area contributed by atoms with Crippen LogP contribution in [0.2, 0.25) is 0 Å². The van der Waals surface area contributed by atoms with Gasteiger partial charge in [0.15, 0.2) is 0 Å². The van der Waals surface area contributed by atoms with Crippen molar-refractivity contribution < 1.29 is 13.9 Å². The van der Waals surface area contributed by atoms with Crippen molar-refractivity contribution in [2.45, 2.75) is 6.42 Å². The van der Waals surface area contributed by atoms with Gasteiger partial charge in [0.05, 0.1) is 6.61 Å². The molecule has 0 heterocycles. The highest BCUT2D eigenvalue weighted by Gasteiger charge is 2.00. The molecule has 74 valence electrons. The third kappa shape index (κ3) is 3.01. The summed E-state index contributed by atoms with van der Waals surface area (Å²) in [4.78, 5) is 10.4. The molecule has 0 unspecified atom stereocenters. The van der Waals surface area contributed by atoms with Crippen LogP contribution in [0.4, 0.5) is 4.39 Å². The summed E-state index contributed by atoms with van der Waals surface area (Å²) in [6, 6.07) is 3.91. The van der Waals surface area contributed by atoms with Crippen LogP contribution >= 0.6 is 0 Å². The van der Waals surface area contributed by atoms with Gasteiger partial charge < -0.3 is 4.74 Å². The molecule has 0 spiro atoms. The summed E-state index contributed by atoms with van der Waals surface area (Å²) in [5, 5.41) is 0. The zero-order valence-electron chi connectivity index (χ0n) is 7.70. The first-order valence-corrected chi connectivity index (χ1v) is 4.25. The van der Waals surface area contributed by atoms with E-state index in [4.69, 9.17) is 4.74 Å². The number of rotatable bonds is 5. The second kappa shape index (κ2) is 5.17. The van der Waals surface area contributed by atoms with E-state index in [9.17, 15) is 9.18 Å². The third-order valence-electron chi connectivity index (χ3n) is 1.62. The Labute approximate surface area is 82.0 Å². The van der Waals surface area contributed by atoms with Gasteiger partial charge >= 0.3 is 0 Å². The van der Waals surface area contributed by atoms with Crippen molar-refractivity contribution in [3.63, 3.8) is 0 Å². The molecule has 1 rings (SSSR count). The number of hydrogen-bond donors (Lipinski definition) is 0. The summed E-state index contributed by atoms with van der Waals surface area (Å²) in [5.41, 5.74) is 0.276. The molecule has 14 heavy (non-hydrogen) atoms. The Kier molecular flexibility index (Phi) is 3.85. The molecule has 2 nitrogen and oxygen atoms in total. The average Bonchev–Trinajstić information content (AvgIpc) is 2.17. The standard InChI is InChI=1S/C11H11FO2/c1-2-3-4-14-11-6-9(8-13)5-10(12)7-11/h2,5-8H,1,3-4H2. The van der Waals surface area contributed by atoms with Gasteiger partial charge in [-0.05, 0) is 18.6 Å². The maximum absolute atomic E-state index is 12.9. The highest BCUT2D eigenvalue weighted by atomic mass is 19.1. The molecule has 0 aliphatic heterocycles. The van der Waals surface area contributed by atoms with E-state index in [0.29, 0.717) is 25.1 Å². The first-order chi connectivity index (χ1) is 6.76. The summed E-state index contributed by atoms with van der Waals surface area (Å²) in [6.07, 6.45) is 2.98. The second-order valence-corrected chi connectivity index (χ2v) is 2.76. The summed E-state index contributed by atoms with van der Waals surface area (Å²) in [7, 11) is 0. The van der Waals surface area contributed by atoms with Gasteiger partial charge in [-0.15, -0.1) is 6.58 Å². The van der Waals surface area contributed by atoms with Crippen LogP contribution in [0.3, 0.4) is 0 Å². The summed E-state index contributed by atoms with van der Waals surface area (Å²) >= 11 is 0. The first-order valence-electron chi connectivity index (χ1n) is 4.25. The monoisotopic (exact) mass is 194 g/mol. The molecule has 0 aliphatic carbocycles. The Morgan fingerprint density at radius 3 is 2.86 bits per heavy atom. The largest absolute Gasteiger partial charge is 0.493 e. The summed E-state index contributed by atoms with van der Waals surface area (Å²) in [6.45, 7) is 3.97. The number of carbonyl (C=O) groups is 1. The quantitative estimate of drug-likeness (QED) is 0.409. The maximum Gasteiger partial charge on any atom is 0.150 e. The van der Waals surface area contributed by atoms with Crippen molar-refractivity contribution in [1.29, 1.82) is 0 Å². The van der Waals surface area contributed by atoms with Crippen molar-refractivity contribution in [2.75, 3.05) is 6.61 Å². The van der Waals surface area contributed by atoms with Gasteiger partial charge in [-0.25, -0.2) is 4.39 Å². The molecule has 0 aromatic heterocycles. The summed E-state index contributed by atoms with van der Waals surface area (Å²) in [5.74, 6) is -0.0999. The van der Waals surface area contributed by atoms with Crippen LogP contribution in [-0.2, 0) is 0 Å². The Morgan fingerprint density at radius 2 is 2.21 bits per heavy atom. The molecule has 1 aromatic carbocycles. The Bertz CT molecular complexity index is 334. The zero-order valence-corrected chi connectivity index (χ0v) is 7.70. The Morgan fingerprint density at radius 1 is 1.43 bits per heavy atom. The smallest absolute Gasteiger partial charge is 0.150 e. The van der Waals surface area contributed by atoms with Gasteiger partial charge in [0.25, 0.3) is 0 Å². The SMILES string of the molecule is C=CCCOc1cc(F)cc(C=O)c1. The summed E-state index contributed by atoms with van der Waals surface area (Å²) < 4.78 is 18.1. The minimum absolute atomic E-state index is 0.276. The topological polar surface area (TPSA) is 26.3 Å². The van der Waals surface area contributed by atoms with Crippen LogP contribution in [0.1, 0.15) is 16.8 Å². The molecule has 3 heteroatoms. The zero-order chi connectivity index (χ0) is 10.4. The van der Waals surface area contributed by atoms with E-state index in [1.54, 1.807) is 6.08 Å². The van der Waals surface area contributed by atoms with Crippen molar-refractivity contribution in [1.82, 2.24) is 0 Å². The van der Waals surface area contributed by atoms with Gasteiger partial charge in [0, 0.05) is 11.6 Å². The molecule has 0 aliphatic rings. The van der Waals surface area contributed by atoms with E-state index in [-0.39, 0.29) is 5.56 Å². The minimum Gasteiger partial charge on any atom is -0.493 e. The van der Waals surface area contributed by atoms with E-state index in [0.717, 1.165) is 6.07 Å². The van der Waals surface area contributed by atoms with Gasteiger partial charge in [-0.3, -0.25) is 4.79 Å². The molecule has 0 fully saturated rings. The molecular formula is C11H11FO2. The van der Waals surface area contributed by atoms with E-state index in [1.165, 1.54) is 12.1 Å². The van der Waals surface area contributed by atoms with Crippen molar-refractivity contribution >= 4 is 6.29 Å². The molecule has 1 aromatic rings. The predicted octanol–water partition coefficient (Wildman–Crippen LogP) is 2.59. The van der Waals surface area contributed by atoms with Crippen LogP contribution < -0.4 is 4.74 Å². The molecular weight excluding hydrogens is 183 g/mol. The fraction of sp³-hybridized carbons (Fsp3) is 0.182. The van der Waals surface area contributed by atoms with E-state index in [2.05, 4.69) is 6.58 Å². The minimum atomic E-state index is -0.469. The fourth-order valence-electron chi connectivity index (χ4n) is 0.996. The molecule has 0 saturated carbocycles. The van der Waals surface area contributed by atoms with E-state index < -0.39 is 5.82 Å². The lowest BCUT2D eigenvalue weighted by atomic mass is 10.2. The highest BCUT2D eigenvalue weighted by Crippen LogP contribution is 2.15. The lowest BCUT2D eigenvalue weighted by Crippen LogP contribution is -1.96. The number of aldehydes is 1. The Hall–Kier alpha value is -1.64. The molecule has 0 bridgehead atoms. The molecule has 0 atom stereocenters. The average molecular weight is 194 g/mol. The van der Waals surface area contributed by atoms with Crippen LogP contribution in [0.25, 0.3) is 0 Å². The number of hydrogen-bond acceptors (Lipinski definition) is 2. The van der Waals surface area contributed by atoms with Gasteiger partial charge in [0.2, 0.25) is 0 Å². The van der Waals surface area contributed by atoms with E-state index in [1.807, 2.05) is 0 Å². The molecule has 0 amide bonds. The third-order valence-corrected chi connectivity index (χ3v) is 1.62. The normalized spacial score (nSPS) is 9.50. The van der Waals surface area contributed by atoms with Gasteiger partial charge in [-0.1, -0.05) is 6.08 Å².